The topological polar surface area (TPSA) is 123 Å². The molecule has 0 saturated heterocycles. The largest absolute Gasteiger partial charge is 0.490 e. The lowest BCUT2D eigenvalue weighted by Crippen LogP contribution is -2.38. The molecule has 0 radical (unpaired) electrons. The second-order valence-electron chi connectivity index (χ2n) is 6.37. The van der Waals surface area contributed by atoms with Crippen molar-refractivity contribution in [3.05, 3.63) is 41.5 Å². The Balaban J connectivity index is 2.02. The van der Waals surface area contributed by atoms with Crippen LogP contribution in [0.25, 0.3) is 5.65 Å². The van der Waals surface area contributed by atoms with Crippen LogP contribution in [0.1, 0.15) is 41.3 Å². The van der Waals surface area contributed by atoms with Crippen molar-refractivity contribution in [1.82, 2.24) is 19.6 Å². The number of imidazole rings is 1. The third kappa shape index (κ3) is 3.31. The highest BCUT2D eigenvalue weighted by molar-refractivity contribution is 5.97. The maximum absolute atomic E-state index is 13.1. The van der Waals surface area contributed by atoms with E-state index in [-0.39, 0.29) is 24.0 Å². The Labute approximate surface area is 155 Å². The van der Waals surface area contributed by atoms with E-state index in [0.717, 1.165) is 0 Å². The van der Waals surface area contributed by atoms with Gasteiger partial charge < -0.3 is 19.4 Å². The van der Waals surface area contributed by atoms with Gasteiger partial charge in [0.25, 0.3) is 0 Å². The molecule has 27 heavy (non-hydrogen) atoms. The van der Waals surface area contributed by atoms with Crippen LogP contribution in [0, 0.1) is 13.8 Å². The molecular formula is C18H22N4O5. The number of nitrogens with zero attached hydrogens (tertiary/aromatic N) is 4. The van der Waals surface area contributed by atoms with E-state index in [2.05, 4.69) is 15.2 Å². The first-order chi connectivity index (χ1) is 13.0. The zero-order valence-corrected chi connectivity index (χ0v) is 15.5. The molecular weight excluding hydrogens is 352 g/mol. The van der Waals surface area contributed by atoms with Crippen LogP contribution >= 0.6 is 0 Å². The van der Waals surface area contributed by atoms with Gasteiger partial charge in [-0.15, -0.1) is 10.2 Å². The summed E-state index contributed by atoms with van der Waals surface area (Å²) < 4.78 is 12.6. The monoisotopic (exact) mass is 374 g/mol. The lowest BCUT2D eigenvalue weighted by molar-refractivity contribution is 0.0690. The summed E-state index contributed by atoms with van der Waals surface area (Å²) in [5.74, 6) is 0.578. The number of hydrogen-bond donors (Lipinski definition) is 2. The lowest BCUT2D eigenvalue weighted by Gasteiger charge is -2.24. The van der Waals surface area contributed by atoms with Gasteiger partial charge in [0.1, 0.15) is 11.1 Å². The van der Waals surface area contributed by atoms with Gasteiger partial charge in [-0.05, 0) is 26.0 Å². The molecule has 3 aromatic heterocycles. The van der Waals surface area contributed by atoms with Gasteiger partial charge in [0, 0.05) is 19.5 Å². The quantitative estimate of drug-likeness (QED) is 0.564. The number of carbonyl (C=O) groups is 1. The van der Waals surface area contributed by atoms with E-state index in [1.165, 1.54) is 0 Å². The van der Waals surface area contributed by atoms with Crippen LogP contribution < -0.4 is 4.74 Å². The van der Waals surface area contributed by atoms with Crippen molar-refractivity contribution in [2.75, 3.05) is 19.8 Å². The van der Waals surface area contributed by atoms with E-state index in [9.17, 15) is 15.0 Å². The van der Waals surface area contributed by atoms with Crippen LogP contribution in [-0.4, -0.2) is 55.4 Å². The van der Waals surface area contributed by atoms with Gasteiger partial charge in [0.05, 0.1) is 25.5 Å². The van der Waals surface area contributed by atoms with Crippen LogP contribution in [0.2, 0.25) is 0 Å². The average Bonchev–Trinajstić information content (AvgIpc) is 3.23. The Morgan fingerprint density at radius 3 is 2.63 bits per heavy atom. The number of pyridine rings is 1. The predicted octanol–water partition coefficient (Wildman–Crippen LogP) is 1.23. The van der Waals surface area contributed by atoms with Crippen LogP contribution in [0.5, 0.6) is 5.75 Å². The molecule has 0 amide bonds. The average molecular weight is 374 g/mol. The van der Waals surface area contributed by atoms with Crippen molar-refractivity contribution >= 4 is 11.4 Å². The first kappa shape index (κ1) is 19.0. The molecule has 0 aliphatic carbocycles. The molecule has 3 aromatic rings. The minimum Gasteiger partial charge on any atom is -0.490 e. The molecule has 0 atom stereocenters. The van der Waals surface area contributed by atoms with Gasteiger partial charge in [-0.1, -0.05) is 0 Å². The number of aromatic nitrogens is 4. The number of aliphatic hydroxyl groups excluding tert-OH is 2. The number of Topliss-reactive ketones (excluding diaryl/α,β-unsaturated/α-hetero) is 1. The summed E-state index contributed by atoms with van der Waals surface area (Å²) in [6.45, 7) is 4.64. The summed E-state index contributed by atoms with van der Waals surface area (Å²) in [5, 5.41) is 27.4. The number of carbonyl (C=O) groups excluding carboxylic acids is 1. The van der Waals surface area contributed by atoms with Gasteiger partial charge >= 0.3 is 0 Å². The van der Waals surface area contributed by atoms with Crippen molar-refractivity contribution in [1.29, 1.82) is 0 Å². The summed E-state index contributed by atoms with van der Waals surface area (Å²) in [7, 11) is 0. The molecule has 0 bridgehead atoms. The Morgan fingerprint density at radius 1 is 1.30 bits per heavy atom. The molecule has 3 rings (SSSR count). The standard InChI is InChI=1S/C18H22N4O5/c1-4-26-14-6-5-7-22-15(11(2)19-16(14)22)13(25)8-18(9-23,10-24)17-21-20-12(3)27-17/h5-7,23-24H,4,8-10H2,1-3H3. The van der Waals surface area contributed by atoms with Crippen LogP contribution in [0.15, 0.2) is 22.7 Å². The minimum atomic E-state index is -1.37. The van der Waals surface area contributed by atoms with E-state index in [1.54, 1.807) is 36.6 Å². The van der Waals surface area contributed by atoms with Gasteiger partial charge in [-0.2, -0.15) is 0 Å². The maximum atomic E-state index is 13.1. The molecule has 9 heteroatoms. The predicted molar refractivity (Wildman–Crippen MR) is 94.9 cm³/mol. The van der Waals surface area contributed by atoms with E-state index >= 15 is 0 Å². The normalized spacial score (nSPS) is 11.9. The number of fused-ring (bicyclic) bond motifs is 1. The van der Waals surface area contributed by atoms with Gasteiger partial charge in [-0.25, -0.2) is 4.98 Å². The van der Waals surface area contributed by atoms with E-state index in [0.29, 0.717) is 29.4 Å². The summed E-state index contributed by atoms with van der Waals surface area (Å²) in [6.07, 6.45) is 1.51. The smallest absolute Gasteiger partial charge is 0.227 e. The van der Waals surface area contributed by atoms with Crippen molar-refractivity contribution in [2.24, 2.45) is 0 Å². The SMILES string of the molecule is CCOc1cccn2c(C(=O)CC(CO)(CO)c3nnc(C)o3)c(C)nc12. The number of hydrogen-bond acceptors (Lipinski definition) is 8. The van der Waals surface area contributed by atoms with E-state index in [4.69, 9.17) is 9.15 Å². The number of ether oxygens (including phenoxy) is 1. The van der Waals surface area contributed by atoms with E-state index in [1.807, 2.05) is 6.92 Å². The van der Waals surface area contributed by atoms with Crippen molar-refractivity contribution in [3.8, 4) is 5.75 Å². The van der Waals surface area contributed by atoms with Crippen LogP contribution in [0.4, 0.5) is 0 Å². The molecule has 2 N–H and O–H groups in total. The highest BCUT2D eigenvalue weighted by atomic mass is 16.5. The molecule has 0 aromatic carbocycles. The Kier molecular flexibility index (Phi) is 5.24. The van der Waals surface area contributed by atoms with Crippen molar-refractivity contribution in [2.45, 2.75) is 32.6 Å². The summed E-state index contributed by atoms with van der Waals surface area (Å²) in [5.41, 5.74) is 0.0482. The summed E-state index contributed by atoms with van der Waals surface area (Å²) in [4.78, 5) is 17.6. The first-order valence-electron chi connectivity index (χ1n) is 8.61. The third-order valence-corrected chi connectivity index (χ3v) is 4.44. The van der Waals surface area contributed by atoms with Gasteiger partial charge in [-0.3, -0.25) is 9.20 Å². The van der Waals surface area contributed by atoms with Crippen molar-refractivity contribution in [3.63, 3.8) is 0 Å². The molecule has 144 valence electrons. The number of ketones is 1. The zero-order valence-electron chi connectivity index (χ0n) is 15.5. The van der Waals surface area contributed by atoms with Crippen LogP contribution in [-0.2, 0) is 5.41 Å². The Bertz CT molecular complexity index is 958. The fourth-order valence-corrected chi connectivity index (χ4v) is 3.03. The molecule has 0 aliphatic rings. The maximum Gasteiger partial charge on any atom is 0.227 e. The van der Waals surface area contributed by atoms with Crippen LogP contribution in [0.3, 0.4) is 0 Å². The highest BCUT2D eigenvalue weighted by Crippen LogP contribution is 2.30. The third-order valence-electron chi connectivity index (χ3n) is 4.44. The van der Waals surface area contributed by atoms with Gasteiger partial charge in [0.15, 0.2) is 17.2 Å². The minimum absolute atomic E-state index is 0.0276. The molecule has 0 saturated carbocycles. The number of aliphatic hydroxyl groups is 2. The number of aryl methyl sites for hydroxylation is 2. The second-order valence-corrected chi connectivity index (χ2v) is 6.37. The molecule has 0 aliphatic heterocycles. The fraction of sp³-hybridized carbons (Fsp3) is 0.444. The zero-order chi connectivity index (χ0) is 19.6. The summed E-state index contributed by atoms with van der Waals surface area (Å²) >= 11 is 0. The fourth-order valence-electron chi connectivity index (χ4n) is 3.03. The first-order valence-corrected chi connectivity index (χ1v) is 8.61. The van der Waals surface area contributed by atoms with Crippen molar-refractivity contribution < 1.29 is 24.2 Å². The molecule has 0 fully saturated rings. The molecule has 9 nitrogen and oxygen atoms in total. The second kappa shape index (κ2) is 7.45. The van der Waals surface area contributed by atoms with Gasteiger partial charge in [0.2, 0.25) is 11.8 Å². The Hall–Kier alpha value is -2.78. The molecule has 0 unspecified atom stereocenters. The number of rotatable bonds is 8. The Morgan fingerprint density at radius 2 is 2.04 bits per heavy atom. The summed E-state index contributed by atoms with van der Waals surface area (Å²) in [6, 6.07) is 3.55. The molecule has 3 heterocycles. The molecule has 0 spiro atoms. The van der Waals surface area contributed by atoms with E-state index < -0.39 is 18.6 Å². The highest BCUT2D eigenvalue weighted by Gasteiger charge is 2.40. The lowest BCUT2D eigenvalue weighted by atomic mass is 9.83.